The van der Waals surface area contributed by atoms with Crippen molar-refractivity contribution in [3.8, 4) is 0 Å². The highest BCUT2D eigenvalue weighted by Gasteiger charge is 2.29. The van der Waals surface area contributed by atoms with Crippen LogP contribution in [0.25, 0.3) is 0 Å². The Labute approximate surface area is 161 Å². The molecule has 2 aromatic rings. The van der Waals surface area contributed by atoms with Gasteiger partial charge in [0.1, 0.15) is 6.54 Å². The summed E-state index contributed by atoms with van der Waals surface area (Å²) in [5.74, 6) is -0.139. The smallest absolute Gasteiger partial charge is 0.264 e. The van der Waals surface area contributed by atoms with Gasteiger partial charge in [-0.05, 0) is 43.5 Å². The predicted octanol–water partition coefficient (Wildman–Crippen LogP) is 3.59. The fourth-order valence-corrected chi connectivity index (χ4v) is 4.91. The number of sulfonamides is 1. The number of carbonyl (C=O) groups excluding carboxylic acids is 1. The summed E-state index contributed by atoms with van der Waals surface area (Å²) in [4.78, 5) is 14.9. The fourth-order valence-electron chi connectivity index (χ4n) is 3.41. The monoisotopic (exact) mass is 386 g/mol. The number of anilines is 1. The van der Waals surface area contributed by atoms with Crippen LogP contribution in [-0.2, 0) is 14.8 Å². The van der Waals surface area contributed by atoms with Crippen LogP contribution in [0.1, 0.15) is 31.2 Å². The molecular weight excluding hydrogens is 360 g/mol. The van der Waals surface area contributed by atoms with Gasteiger partial charge in [0.2, 0.25) is 5.91 Å². The van der Waals surface area contributed by atoms with E-state index in [9.17, 15) is 13.2 Å². The molecule has 0 atom stereocenters. The number of para-hydroxylation sites is 1. The zero-order valence-electron chi connectivity index (χ0n) is 15.7. The lowest BCUT2D eigenvalue weighted by Crippen LogP contribution is -2.43. The van der Waals surface area contributed by atoms with E-state index >= 15 is 0 Å². The third kappa shape index (κ3) is 4.50. The predicted molar refractivity (Wildman–Crippen MR) is 107 cm³/mol. The van der Waals surface area contributed by atoms with E-state index in [1.807, 2.05) is 19.1 Å². The highest BCUT2D eigenvalue weighted by atomic mass is 32.2. The first-order chi connectivity index (χ1) is 13.0. The second-order valence-electron chi connectivity index (χ2n) is 6.91. The molecule has 0 unspecified atom stereocenters. The first-order valence-corrected chi connectivity index (χ1v) is 10.9. The summed E-state index contributed by atoms with van der Waals surface area (Å²) in [7, 11) is -3.83. The van der Waals surface area contributed by atoms with Crippen LogP contribution in [-0.4, -0.2) is 38.9 Å². The van der Waals surface area contributed by atoms with E-state index in [1.54, 1.807) is 47.4 Å². The Morgan fingerprint density at radius 2 is 1.52 bits per heavy atom. The summed E-state index contributed by atoms with van der Waals surface area (Å²) in [6, 6.07) is 15.6. The van der Waals surface area contributed by atoms with E-state index < -0.39 is 10.0 Å². The van der Waals surface area contributed by atoms with E-state index in [0.29, 0.717) is 18.8 Å². The molecule has 5 nitrogen and oxygen atoms in total. The van der Waals surface area contributed by atoms with Gasteiger partial charge in [0, 0.05) is 13.1 Å². The van der Waals surface area contributed by atoms with E-state index in [0.717, 1.165) is 31.2 Å². The highest BCUT2D eigenvalue weighted by molar-refractivity contribution is 7.92. The number of benzene rings is 2. The van der Waals surface area contributed by atoms with Crippen molar-refractivity contribution in [2.45, 2.75) is 37.5 Å². The molecule has 0 spiro atoms. The van der Waals surface area contributed by atoms with Crippen molar-refractivity contribution in [3.05, 3.63) is 60.2 Å². The Morgan fingerprint density at radius 1 is 0.926 bits per heavy atom. The number of rotatable bonds is 5. The van der Waals surface area contributed by atoms with Crippen LogP contribution in [0.3, 0.4) is 0 Å². The molecule has 144 valence electrons. The van der Waals surface area contributed by atoms with Gasteiger partial charge in [0.05, 0.1) is 10.6 Å². The second kappa shape index (κ2) is 8.57. The van der Waals surface area contributed by atoms with Crippen molar-refractivity contribution >= 4 is 21.6 Å². The molecule has 1 saturated heterocycles. The lowest BCUT2D eigenvalue weighted by atomic mass is 10.2. The van der Waals surface area contributed by atoms with Crippen LogP contribution >= 0.6 is 0 Å². The largest absolute Gasteiger partial charge is 0.341 e. The Balaban J connectivity index is 1.96. The molecule has 0 bridgehead atoms. The highest BCUT2D eigenvalue weighted by Crippen LogP contribution is 2.27. The van der Waals surface area contributed by atoms with Gasteiger partial charge < -0.3 is 4.90 Å². The van der Waals surface area contributed by atoms with Gasteiger partial charge in [-0.3, -0.25) is 9.10 Å². The van der Waals surface area contributed by atoms with Gasteiger partial charge in [-0.2, -0.15) is 0 Å². The van der Waals surface area contributed by atoms with Crippen molar-refractivity contribution in [3.63, 3.8) is 0 Å². The van der Waals surface area contributed by atoms with E-state index in [-0.39, 0.29) is 17.3 Å². The SMILES string of the molecule is Cc1ccccc1N(CC(=O)N1CCCCCC1)S(=O)(=O)c1ccccc1. The normalized spacial score (nSPS) is 15.2. The Morgan fingerprint density at radius 3 is 2.15 bits per heavy atom. The minimum Gasteiger partial charge on any atom is -0.341 e. The van der Waals surface area contributed by atoms with Gasteiger partial charge in [0.15, 0.2) is 0 Å². The van der Waals surface area contributed by atoms with Crippen molar-refractivity contribution in [1.29, 1.82) is 0 Å². The molecule has 2 aromatic carbocycles. The fraction of sp³-hybridized carbons (Fsp3) is 0.381. The van der Waals surface area contributed by atoms with Gasteiger partial charge in [-0.15, -0.1) is 0 Å². The summed E-state index contributed by atoms with van der Waals surface area (Å²) in [5, 5.41) is 0. The number of hydrogen-bond acceptors (Lipinski definition) is 3. The van der Waals surface area contributed by atoms with Crippen molar-refractivity contribution < 1.29 is 13.2 Å². The van der Waals surface area contributed by atoms with Gasteiger partial charge >= 0.3 is 0 Å². The number of likely N-dealkylation sites (tertiary alicyclic amines) is 1. The zero-order chi connectivity index (χ0) is 19.3. The quantitative estimate of drug-likeness (QED) is 0.789. The molecular formula is C21H26N2O3S. The van der Waals surface area contributed by atoms with E-state index in [4.69, 9.17) is 0 Å². The summed E-state index contributed by atoms with van der Waals surface area (Å²) in [5.41, 5.74) is 1.37. The maximum Gasteiger partial charge on any atom is 0.264 e. The molecule has 1 amide bonds. The molecule has 1 heterocycles. The first-order valence-electron chi connectivity index (χ1n) is 9.41. The summed E-state index contributed by atoms with van der Waals surface area (Å²) in [6.07, 6.45) is 4.18. The Kier molecular flexibility index (Phi) is 6.16. The van der Waals surface area contributed by atoms with Gasteiger partial charge in [-0.25, -0.2) is 8.42 Å². The van der Waals surface area contributed by atoms with E-state index in [1.165, 1.54) is 4.31 Å². The van der Waals surface area contributed by atoms with Crippen molar-refractivity contribution in [2.75, 3.05) is 23.9 Å². The lowest BCUT2D eigenvalue weighted by molar-refractivity contribution is -0.129. The maximum atomic E-state index is 13.3. The molecule has 1 aliphatic rings. The Hall–Kier alpha value is -2.34. The first kappa shape index (κ1) is 19.4. The van der Waals surface area contributed by atoms with Crippen molar-refractivity contribution in [2.24, 2.45) is 0 Å². The third-order valence-electron chi connectivity index (χ3n) is 4.95. The number of amides is 1. The van der Waals surface area contributed by atoms with Crippen LogP contribution < -0.4 is 4.31 Å². The summed E-state index contributed by atoms with van der Waals surface area (Å²) >= 11 is 0. The van der Waals surface area contributed by atoms with Gasteiger partial charge in [0.25, 0.3) is 10.0 Å². The number of aryl methyl sites for hydroxylation is 1. The summed E-state index contributed by atoms with van der Waals surface area (Å²) in [6.45, 7) is 3.08. The molecule has 1 fully saturated rings. The minimum atomic E-state index is -3.83. The molecule has 1 aliphatic heterocycles. The number of nitrogens with zero attached hydrogens (tertiary/aromatic N) is 2. The van der Waals surface area contributed by atoms with Crippen LogP contribution in [0.15, 0.2) is 59.5 Å². The lowest BCUT2D eigenvalue weighted by Gasteiger charge is -2.28. The maximum absolute atomic E-state index is 13.3. The molecule has 6 heteroatoms. The topological polar surface area (TPSA) is 57.7 Å². The minimum absolute atomic E-state index is 0.139. The third-order valence-corrected chi connectivity index (χ3v) is 6.73. The van der Waals surface area contributed by atoms with Crippen LogP contribution in [0.5, 0.6) is 0 Å². The zero-order valence-corrected chi connectivity index (χ0v) is 16.5. The molecule has 0 aliphatic carbocycles. The average molecular weight is 387 g/mol. The molecule has 0 aromatic heterocycles. The summed E-state index contributed by atoms with van der Waals surface area (Å²) < 4.78 is 27.9. The molecule has 3 rings (SSSR count). The van der Waals surface area contributed by atoms with Crippen molar-refractivity contribution in [1.82, 2.24) is 4.90 Å². The van der Waals surface area contributed by atoms with Crippen LogP contribution in [0, 0.1) is 6.92 Å². The standard InChI is InChI=1S/C21H26N2O3S/c1-18-11-7-8-14-20(18)23(27(25,26)19-12-5-4-6-13-19)17-21(24)22-15-9-2-3-10-16-22/h4-8,11-14H,2-3,9-10,15-17H2,1H3. The number of hydrogen-bond donors (Lipinski definition) is 0. The molecule has 0 saturated carbocycles. The Bertz CT molecular complexity index is 873. The molecule has 0 radical (unpaired) electrons. The average Bonchev–Trinajstić information content (AvgIpc) is 2.97. The molecule has 0 N–H and O–H groups in total. The van der Waals surface area contributed by atoms with Gasteiger partial charge in [-0.1, -0.05) is 49.2 Å². The van der Waals surface area contributed by atoms with E-state index in [2.05, 4.69) is 0 Å². The second-order valence-corrected chi connectivity index (χ2v) is 8.77. The number of carbonyl (C=O) groups is 1. The van der Waals surface area contributed by atoms with Crippen LogP contribution in [0.2, 0.25) is 0 Å². The van der Waals surface area contributed by atoms with Crippen LogP contribution in [0.4, 0.5) is 5.69 Å². The molecule has 27 heavy (non-hydrogen) atoms.